The van der Waals surface area contributed by atoms with Crippen LogP contribution in [0.1, 0.15) is 31.7 Å². The molecule has 1 aliphatic rings. The van der Waals surface area contributed by atoms with Crippen molar-refractivity contribution in [3.8, 4) is 0 Å². The second kappa shape index (κ2) is 6.04. The first-order valence-corrected chi connectivity index (χ1v) is 8.91. The first kappa shape index (κ1) is 15.5. The fraction of sp³-hybridized carbons (Fsp3) is 0.333. The van der Waals surface area contributed by atoms with Gasteiger partial charge in [0.25, 0.3) is 10.0 Å². The van der Waals surface area contributed by atoms with Gasteiger partial charge in [0.1, 0.15) is 5.82 Å². The zero-order valence-electron chi connectivity index (χ0n) is 12.5. The molecule has 3 rings (SSSR count). The van der Waals surface area contributed by atoms with Crippen molar-refractivity contribution in [3.63, 3.8) is 0 Å². The average Bonchev–Trinajstić information content (AvgIpc) is 3.01. The molecule has 1 aliphatic carbocycles. The summed E-state index contributed by atoms with van der Waals surface area (Å²) in [4.78, 5) is 16.0. The molecule has 0 atom stereocenters. The van der Waals surface area contributed by atoms with Crippen molar-refractivity contribution >= 4 is 21.5 Å². The Morgan fingerprint density at radius 1 is 1.13 bits per heavy atom. The van der Waals surface area contributed by atoms with Crippen LogP contribution in [0, 0.1) is 0 Å². The van der Waals surface area contributed by atoms with E-state index in [4.69, 9.17) is 5.73 Å². The van der Waals surface area contributed by atoms with E-state index in [1.54, 1.807) is 10.8 Å². The highest BCUT2D eigenvalue weighted by Gasteiger charge is 2.19. The second-order valence-corrected chi connectivity index (χ2v) is 7.30. The fourth-order valence-corrected chi connectivity index (χ4v) is 3.77. The van der Waals surface area contributed by atoms with Crippen molar-refractivity contribution in [2.24, 2.45) is 0 Å². The summed E-state index contributed by atoms with van der Waals surface area (Å²) in [6.45, 7) is 0. The standard InChI is InChI=1S/C15H18N4O3S/c16-11-5-7-13(8-6-11)23(21,22)18-14-9-10-19(15(20)17-14)12-3-1-2-4-12/h5-10,12H,1-4,16H2,(H,17,18,20). The largest absolute Gasteiger partial charge is 0.399 e. The van der Waals surface area contributed by atoms with Gasteiger partial charge in [-0.25, -0.2) is 13.2 Å². The molecule has 3 N–H and O–H groups in total. The van der Waals surface area contributed by atoms with Crippen LogP contribution in [0.3, 0.4) is 0 Å². The van der Waals surface area contributed by atoms with Gasteiger partial charge in [-0.05, 0) is 43.2 Å². The first-order valence-electron chi connectivity index (χ1n) is 7.43. The lowest BCUT2D eigenvalue weighted by molar-refractivity contribution is 0.493. The van der Waals surface area contributed by atoms with Crippen LogP contribution in [0.15, 0.2) is 46.2 Å². The van der Waals surface area contributed by atoms with E-state index in [-0.39, 0.29) is 16.8 Å². The summed E-state index contributed by atoms with van der Waals surface area (Å²) in [7, 11) is -3.79. The number of rotatable bonds is 4. The van der Waals surface area contributed by atoms with Crippen LogP contribution in [0.2, 0.25) is 0 Å². The van der Waals surface area contributed by atoms with Crippen molar-refractivity contribution in [2.45, 2.75) is 36.6 Å². The third-order valence-corrected chi connectivity index (χ3v) is 5.35. The molecular formula is C15H18N4O3S. The minimum absolute atomic E-state index is 0.0149. The maximum absolute atomic E-state index is 12.3. The van der Waals surface area contributed by atoms with Gasteiger partial charge in [-0.15, -0.1) is 0 Å². The topological polar surface area (TPSA) is 107 Å². The smallest absolute Gasteiger partial charge is 0.349 e. The molecule has 0 saturated heterocycles. The Hall–Kier alpha value is -2.35. The molecule has 7 nitrogen and oxygen atoms in total. The highest BCUT2D eigenvalue weighted by Crippen LogP contribution is 2.28. The van der Waals surface area contributed by atoms with Crippen LogP contribution in [0.25, 0.3) is 0 Å². The van der Waals surface area contributed by atoms with E-state index in [1.165, 1.54) is 30.3 Å². The number of nitrogens with zero attached hydrogens (tertiary/aromatic N) is 2. The van der Waals surface area contributed by atoms with Crippen molar-refractivity contribution in [2.75, 3.05) is 10.5 Å². The lowest BCUT2D eigenvalue weighted by Crippen LogP contribution is -2.27. The third-order valence-electron chi connectivity index (χ3n) is 3.98. The number of aromatic nitrogens is 2. The van der Waals surface area contributed by atoms with Crippen LogP contribution in [0.5, 0.6) is 0 Å². The van der Waals surface area contributed by atoms with Gasteiger partial charge in [0.2, 0.25) is 0 Å². The van der Waals surface area contributed by atoms with Crippen LogP contribution in [0.4, 0.5) is 11.5 Å². The van der Waals surface area contributed by atoms with E-state index in [0.717, 1.165) is 25.7 Å². The van der Waals surface area contributed by atoms with Crippen molar-refractivity contribution in [1.82, 2.24) is 9.55 Å². The summed E-state index contributed by atoms with van der Waals surface area (Å²) in [6, 6.07) is 7.47. The summed E-state index contributed by atoms with van der Waals surface area (Å²) in [5.74, 6) is 0.0149. The quantitative estimate of drug-likeness (QED) is 0.828. The minimum Gasteiger partial charge on any atom is -0.399 e. The number of nitrogens with two attached hydrogens (primary N) is 1. The molecule has 2 aromatic rings. The average molecular weight is 334 g/mol. The van der Waals surface area contributed by atoms with E-state index in [1.807, 2.05) is 0 Å². The van der Waals surface area contributed by atoms with Gasteiger partial charge in [-0.1, -0.05) is 12.8 Å². The number of nitrogens with one attached hydrogen (secondary N) is 1. The zero-order valence-corrected chi connectivity index (χ0v) is 13.3. The molecule has 0 aliphatic heterocycles. The van der Waals surface area contributed by atoms with E-state index >= 15 is 0 Å². The number of hydrogen-bond acceptors (Lipinski definition) is 5. The predicted octanol–water partition coefficient (Wildman–Crippen LogP) is 1.74. The minimum atomic E-state index is -3.79. The lowest BCUT2D eigenvalue weighted by Gasteiger charge is -2.13. The SMILES string of the molecule is Nc1ccc(S(=O)(=O)Nc2ccn(C3CCCC3)c(=O)n2)cc1. The van der Waals surface area contributed by atoms with Crippen molar-refractivity contribution in [3.05, 3.63) is 47.0 Å². The molecule has 23 heavy (non-hydrogen) atoms. The summed E-state index contributed by atoms with van der Waals surface area (Å²) in [6.07, 6.45) is 5.72. The molecule has 1 aromatic heterocycles. The Kier molecular flexibility index (Phi) is 4.08. The van der Waals surface area contributed by atoms with Crippen molar-refractivity contribution < 1.29 is 8.42 Å². The zero-order chi connectivity index (χ0) is 16.4. The van der Waals surface area contributed by atoms with E-state index in [2.05, 4.69) is 9.71 Å². The highest BCUT2D eigenvalue weighted by molar-refractivity contribution is 7.92. The molecule has 0 amide bonds. The Morgan fingerprint density at radius 2 is 1.78 bits per heavy atom. The van der Waals surface area contributed by atoms with Crippen molar-refractivity contribution in [1.29, 1.82) is 0 Å². The van der Waals surface area contributed by atoms with Gasteiger partial charge < -0.3 is 5.73 Å². The van der Waals surface area contributed by atoms with E-state index < -0.39 is 15.7 Å². The summed E-state index contributed by atoms with van der Waals surface area (Å²) in [5.41, 5.74) is 5.58. The summed E-state index contributed by atoms with van der Waals surface area (Å²) in [5, 5.41) is 0. The number of hydrogen-bond donors (Lipinski definition) is 2. The summed E-state index contributed by atoms with van der Waals surface area (Å²) < 4.78 is 28.4. The normalized spacial score (nSPS) is 15.7. The Labute approximate surface area is 134 Å². The monoisotopic (exact) mass is 334 g/mol. The first-order chi connectivity index (χ1) is 11.0. The van der Waals surface area contributed by atoms with Gasteiger partial charge in [0.05, 0.1) is 4.90 Å². The lowest BCUT2D eigenvalue weighted by atomic mass is 10.2. The third kappa shape index (κ3) is 3.37. The van der Waals surface area contributed by atoms with E-state index in [9.17, 15) is 13.2 Å². The molecule has 1 heterocycles. The van der Waals surface area contributed by atoms with Gasteiger partial charge in [0.15, 0.2) is 0 Å². The maximum Gasteiger partial charge on any atom is 0.349 e. The number of benzene rings is 1. The van der Waals surface area contributed by atoms with Gasteiger partial charge in [0, 0.05) is 17.9 Å². The van der Waals surface area contributed by atoms with Crippen LogP contribution in [-0.4, -0.2) is 18.0 Å². The second-order valence-electron chi connectivity index (χ2n) is 5.62. The Morgan fingerprint density at radius 3 is 2.39 bits per heavy atom. The molecule has 1 fully saturated rings. The van der Waals surface area contributed by atoms with Gasteiger partial charge in [-0.3, -0.25) is 9.29 Å². The Balaban J connectivity index is 1.83. The molecule has 0 bridgehead atoms. The highest BCUT2D eigenvalue weighted by atomic mass is 32.2. The molecule has 0 unspecified atom stereocenters. The van der Waals surface area contributed by atoms with Crippen LogP contribution < -0.4 is 16.1 Å². The number of sulfonamides is 1. The molecule has 1 aromatic carbocycles. The Bertz CT molecular complexity index is 853. The molecule has 1 saturated carbocycles. The predicted molar refractivity (Wildman–Crippen MR) is 87.7 cm³/mol. The molecule has 8 heteroatoms. The van der Waals surface area contributed by atoms with Gasteiger partial charge in [-0.2, -0.15) is 4.98 Å². The van der Waals surface area contributed by atoms with Crippen LogP contribution >= 0.6 is 0 Å². The van der Waals surface area contributed by atoms with Crippen LogP contribution in [-0.2, 0) is 10.0 Å². The summed E-state index contributed by atoms with van der Waals surface area (Å²) >= 11 is 0. The molecule has 0 radical (unpaired) electrons. The number of anilines is 2. The molecule has 0 spiro atoms. The number of nitrogen functional groups attached to an aromatic ring is 1. The maximum atomic E-state index is 12.3. The molecule has 122 valence electrons. The van der Waals surface area contributed by atoms with Gasteiger partial charge >= 0.3 is 5.69 Å². The fourth-order valence-electron chi connectivity index (χ4n) is 2.77. The van der Waals surface area contributed by atoms with E-state index in [0.29, 0.717) is 5.69 Å². The molecular weight excluding hydrogens is 316 g/mol.